The molecule has 1 saturated heterocycles. The molecule has 1 aromatic carbocycles. The van der Waals surface area contributed by atoms with E-state index in [-0.39, 0.29) is 17.2 Å². The Bertz CT molecular complexity index is 609. The SMILES string of the molecule is CC(=O)N1CCCN(c2ccc([N+](=O)[O-])c(C#N)c2)CC1. The number of nitriles is 1. The van der Waals surface area contributed by atoms with E-state index in [1.54, 1.807) is 24.0 Å². The van der Waals surface area contributed by atoms with E-state index in [1.807, 2.05) is 11.0 Å². The summed E-state index contributed by atoms with van der Waals surface area (Å²) in [5.74, 6) is 0.0539. The number of amides is 1. The number of hydrogen-bond donors (Lipinski definition) is 0. The summed E-state index contributed by atoms with van der Waals surface area (Å²) in [5, 5.41) is 19.9. The largest absolute Gasteiger partial charge is 0.370 e. The Morgan fingerprint density at radius 2 is 2.10 bits per heavy atom. The first-order valence-electron chi connectivity index (χ1n) is 6.72. The molecule has 0 spiro atoms. The monoisotopic (exact) mass is 288 g/mol. The normalized spacial score (nSPS) is 15.2. The molecule has 0 unspecified atom stereocenters. The number of carbonyl (C=O) groups excluding carboxylic acids is 1. The zero-order valence-electron chi connectivity index (χ0n) is 11.8. The molecule has 110 valence electrons. The third kappa shape index (κ3) is 3.28. The Hall–Kier alpha value is -2.62. The quantitative estimate of drug-likeness (QED) is 0.608. The minimum Gasteiger partial charge on any atom is -0.370 e. The molecule has 7 nitrogen and oxygen atoms in total. The predicted molar refractivity (Wildman–Crippen MR) is 76.9 cm³/mol. The molecular weight excluding hydrogens is 272 g/mol. The van der Waals surface area contributed by atoms with Gasteiger partial charge in [-0.15, -0.1) is 0 Å². The van der Waals surface area contributed by atoms with Gasteiger partial charge in [-0.2, -0.15) is 5.26 Å². The summed E-state index contributed by atoms with van der Waals surface area (Å²) >= 11 is 0. The minimum absolute atomic E-state index is 0.0539. The Labute approximate surface area is 122 Å². The van der Waals surface area contributed by atoms with Crippen molar-refractivity contribution in [2.45, 2.75) is 13.3 Å². The Morgan fingerprint density at radius 1 is 1.33 bits per heavy atom. The van der Waals surface area contributed by atoms with Crippen molar-refractivity contribution in [2.75, 3.05) is 31.1 Å². The Kier molecular flexibility index (Phi) is 4.38. The second-order valence-corrected chi connectivity index (χ2v) is 4.92. The average Bonchev–Trinajstić information content (AvgIpc) is 2.72. The lowest BCUT2D eigenvalue weighted by molar-refractivity contribution is -0.385. The highest BCUT2D eigenvalue weighted by atomic mass is 16.6. The van der Waals surface area contributed by atoms with Gasteiger partial charge in [0.15, 0.2) is 0 Å². The van der Waals surface area contributed by atoms with Crippen molar-refractivity contribution in [1.29, 1.82) is 5.26 Å². The van der Waals surface area contributed by atoms with Gasteiger partial charge < -0.3 is 9.80 Å². The van der Waals surface area contributed by atoms with Gasteiger partial charge in [0.2, 0.25) is 5.91 Å². The number of benzene rings is 1. The molecule has 1 heterocycles. The van der Waals surface area contributed by atoms with Gasteiger partial charge in [0.1, 0.15) is 11.6 Å². The smallest absolute Gasteiger partial charge is 0.287 e. The summed E-state index contributed by atoms with van der Waals surface area (Å²) < 4.78 is 0. The molecule has 2 rings (SSSR count). The van der Waals surface area contributed by atoms with Crippen molar-refractivity contribution in [3.63, 3.8) is 0 Å². The second kappa shape index (κ2) is 6.22. The summed E-state index contributed by atoms with van der Waals surface area (Å²) in [6.07, 6.45) is 0.832. The number of nitro groups is 1. The summed E-state index contributed by atoms with van der Waals surface area (Å²) in [6, 6.07) is 6.43. The minimum atomic E-state index is -0.553. The molecule has 0 aromatic heterocycles. The van der Waals surface area contributed by atoms with Gasteiger partial charge in [0.05, 0.1) is 4.92 Å². The van der Waals surface area contributed by atoms with Crippen LogP contribution in [0.3, 0.4) is 0 Å². The molecule has 0 aliphatic carbocycles. The molecule has 0 saturated carbocycles. The zero-order chi connectivity index (χ0) is 15.4. The van der Waals surface area contributed by atoms with Gasteiger partial charge in [0, 0.05) is 44.9 Å². The fourth-order valence-electron chi connectivity index (χ4n) is 2.46. The van der Waals surface area contributed by atoms with E-state index in [0.717, 1.165) is 18.7 Å². The maximum Gasteiger partial charge on any atom is 0.287 e. The molecule has 7 heteroatoms. The Morgan fingerprint density at radius 3 is 2.71 bits per heavy atom. The number of carbonyl (C=O) groups is 1. The molecule has 1 aliphatic heterocycles. The summed E-state index contributed by atoms with van der Waals surface area (Å²) in [4.78, 5) is 25.5. The molecule has 21 heavy (non-hydrogen) atoms. The third-order valence-corrected chi connectivity index (χ3v) is 3.60. The van der Waals surface area contributed by atoms with Crippen LogP contribution < -0.4 is 4.90 Å². The zero-order valence-corrected chi connectivity index (χ0v) is 11.8. The van der Waals surface area contributed by atoms with Crippen LogP contribution in [-0.4, -0.2) is 41.9 Å². The standard InChI is InChI=1S/C14H16N4O3/c1-11(19)16-5-2-6-17(8-7-16)13-3-4-14(18(20)21)12(9-13)10-15/h3-4,9H,2,5-8H2,1H3. The highest BCUT2D eigenvalue weighted by molar-refractivity contribution is 5.73. The van der Waals surface area contributed by atoms with Crippen LogP contribution in [0.15, 0.2) is 18.2 Å². The second-order valence-electron chi connectivity index (χ2n) is 4.92. The van der Waals surface area contributed by atoms with E-state index in [4.69, 9.17) is 5.26 Å². The molecule has 0 bridgehead atoms. The highest BCUT2D eigenvalue weighted by Crippen LogP contribution is 2.25. The van der Waals surface area contributed by atoms with Crippen LogP contribution >= 0.6 is 0 Å². The topological polar surface area (TPSA) is 90.5 Å². The van der Waals surface area contributed by atoms with E-state index >= 15 is 0 Å². The van der Waals surface area contributed by atoms with Crippen LogP contribution in [0.2, 0.25) is 0 Å². The summed E-state index contributed by atoms with van der Waals surface area (Å²) in [7, 11) is 0. The Balaban J connectivity index is 2.21. The molecule has 1 aromatic rings. The van der Waals surface area contributed by atoms with Crippen molar-refractivity contribution in [3.05, 3.63) is 33.9 Å². The van der Waals surface area contributed by atoms with Crippen molar-refractivity contribution in [2.24, 2.45) is 0 Å². The van der Waals surface area contributed by atoms with Gasteiger partial charge in [-0.25, -0.2) is 0 Å². The van der Waals surface area contributed by atoms with Crippen LogP contribution in [-0.2, 0) is 4.79 Å². The lowest BCUT2D eigenvalue weighted by atomic mass is 10.1. The molecule has 0 atom stereocenters. The third-order valence-electron chi connectivity index (χ3n) is 3.60. The van der Waals surface area contributed by atoms with Gasteiger partial charge in [-0.3, -0.25) is 14.9 Å². The number of nitrogens with zero attached hydrogens (tertiary/aromatic N) is 4. The first-order valence-corrected chi connectivity index (χ1v) is 6.72. The van der Waals surface area contributed by atoms with Crippen LogP contribution in [0.1, 0.15) is 18.9 Å². The molecule has 1 aliphatic rings. The first-order chi connectivity index (χ1) is 10.0. The van der Waals surface area contributed by atoms with Crippen molar-refractivity contribution >= 4 is 17.3 Å². The first kappa shape index (κ1) is 14.8. The summed E-state index contributed by atoms with van der Waals surface area (Å²) in [5.41, 5.74) is 0.661. The average molecular weight is 288 g/mol. The number of anilines is 1. The van der Waals surface area contributed by atoms with Crippen LogP contribution in [0, 0.1) is 21.4 Å². The lowest BCUT2D eigenvalue weighted by Crippen LogP contribution is -2.33. The highest BCUT2D eigenvalue weighted by Gasteiger charge is 2.19. The summed E-state index contributed by atoms with van der Waals surface area (Å²) in [6.45, 7) is 4.29. The van der Waals surface area contributed by atoms with Crippen molar-refractivity contribution < 1.29 is 9.72 Å². The fraction of sp³-hybridized carbons (Fsp3) is 0.429. The maximum absolute atomic E-state index is 11.4. The van der Waals surface area contributed by atoms with E-state index in [2.05, 4.69) is 0 Å². The molecule has 1 fully saturated rings. The molecule has 0 radical (unpaired) electrons. The van der Waals surface area contributed by atoms with Crippen LogP contribution in [0.5, 0.6) is 0 Å². The number of hydrogen-bond acceptors (Lipinski definition) is 5. The maximum atomic E-state index is 11.4. The number of rotatable bonds is 2. The van der Waals surface area contributed by atoms with Crippen LogP contribution in [0.4, 0.5) is 11.4 Å². The van der Waals surface area contributed by atoms with Crippen molar-refractivity contribution in [3.8, 4) is 6.07 Å². The van der Waals surface area contributed by atoms with E-state index in [1.165, 1.54) is 6.07 Å². The van der Waals surface area contributed by atoms with Crippen LogP contribution in [0.25, 0.3) is 0 Å². The van der Waals surface area contributed by atoms with E-state index < -0.39 is 4.92 Å². The van der Waals surface area contributed by atoms with Gasteiger partial charge >= 0.3 is 0 Å². The molecule has 0 N–H and O–H groups in total. The fourth-order valence-corrected chi connectivity index (χ4v) is 2.46. The van der Waals surface area contributed by atoms with E-state index in [0.29, 0.717) is 19.6 Å². The lowest BCUT2D eigenvalue weighted by Gasteiger charge is -2.23. The molecular formula is C14H16N4O3. The van der Waals surface area contributed by atoms with Gasteiger partial charge in [0.25, 0.3) is 5.69 Å². The van der Waals surface area contributed by atoms with E-state index in [9.17, 15) is 14.9 Å². The van der Waals surface area contributed by atoms with Gasteiger partial charge in [-0.1, -0.05) is 0 Å². The van der Waals surface area contributed by atoms with Gasteiger partial charge in [-0.05, 0) is 18.6 Å². The molecule has 1 amide bonds. The van der Waals surface area contributed by atoms with Crippen molar-refractivity contribution in [1.82, 2.24) is 4.90 Å². The predicted octanol–water partition coefficient (Wildman–Crippen LogP) is 1.53. The number of nitro benzene ring substituents is 1.